The Kier molecular flexibility index (Phi) is 5.57. The third-order valence-corrected chi connectivity index (χ3v) is 5.94. The number of hydrogen-bond donors (Lipinski definition) is 0. The van der Waals surface area contributed by atoms with Gasteiger partial charge in [-0.25, -0.2) is 8.78 Å². The maximum atomic E-state index is 14.8. The quantitative estimate of drug-likeness (QED) is 0.440. The monoisotopic (exact) mass is 376 g/mol. The minimum atomic E-state index is -0.300. The zero-order valence-electron chi connectivity index (χ0n) is 16.3. The van der Waals surface area contributed by atoms with Crippen molar-refractivity contribution in [3.8, 4) is 11.1 Å². The Morgan fingerprint density at radius 3 is 2.36 bits per heavy atom. The summed E-state index contributed by atoms with van der Waals surface area (Å²) in [7, 11) is 0. The van der Waals surface area contributed by atoms with E-state index in [0.29, 0.717) is 11.5 Å². The molecule has 1 aliphatic carbocycles. The largest absolute Gasteiger partial charge is 0.207 e. The molecule has 0 aromatic heterocycles. The lowest BCUT2D eigenvalue weighted by Crippen LogP contribution is -2.13. The summed E-state index contributed by atoms with van der Waals surface area (Å²) in [6.45, 7) is 2.22. The molecule has 0 amide bonds. The van der Waals surface area contributed by atoms with Gasteiger partial charge in [0.15, 0.2) is 0 Å². The van der Waals surface area contributed by atoms with Gasteiger partial charge in [0.2, 0.25) is 0 Å². The highest BCUT2D eigenvalue weighted by molar-refractivity contribution is 5.66. The van der Waals surface area contributed by atoms with E-state index in [-0.39, 0.29) is 11.6 Å². The molecule has 144 valence electrons. The molecule has 3 aromatic carbocycles. The molecule has 0 radical (unpaired) electrons. The number of fused-ring (bicyclic) bond motifs is 1. The minimum absolute atomic E-state index is 0.221. The van der Waals surface area contributed by atoms with Crippen LogP contribution < -0.4 is 0 Å². The average Bonchev–Trinajstić information content (AvgIpc) is 2.72. The molecule has 0 N–H and O–H groups in total. The fourth-order valence-electron chi connectivity index (χ4n) is 4.25. The van der Waals surface area contributed by atoms with Gasteiger partial charge in [-0.1, -0.05) is 49.7 Å². The molecule has 0 aliphatic heterocycles. The van der Waals surface area contributed by atoms with E-state index < -0.39 is 0 Å². The Hall–Kier alpha value is -2.48. The van der Waals surface area contributed by atoms with Crippen LogP contribution >= 0.6 is 0 Å². The van der Waals surface area contributed by atoms with Gasteiger partial charge in [0, 0.05) is 5.56 Å². The molecule has 2 heteroatoms. The number of halogens is 2. The molecule has 0 nitrogen and oxygen atoms in total. The van der Waals surface area contributed by atoms with E-state index in [0.717, 1.165) is 36.8 Å². The molecule has 0 bridgehead atoms. The normalized spacial score (nSPS) is 16.0. The van der Waals surface area contributed by atoms with Crippen molar-refractivity contribution >= 4 is 0 Å². The fourth-order valence-corrected chi connectivity index (χ4v) is 4.25. The van der Waals surface area contributed by atoms with Crippen LogP contribution in [0.2, 0.25) is 0 Å². The molecule has 0 saturated heterocycles. The van der Waals surface area contributed by atoms with Crippen molar-refractivity contribution in [1.82, 2.24) is 0 Å². The van der Waals surface area contributed by atoms with E-state index in [4.69, 9.17) is 0 Å². The van der Waals surface area contributed by atoms with Crippen LogP contribution in [0.5, 0.6) is 0 Å². The second kappa shape index (κ2) is 8.26. The van der Waals surface area contributed by atoms with Gasteiger partial charge in [0.25, 0.3) is 0 Å². The Balaban J connectivity index is 1.54. The summed E-state index contributed by atoms with van der Waals surface area (Å²) in [5.74, 6) is -0.0737. The van der Waals surface area contributed by atoms with Gasteiger partial charge >= 0.3 is 0 Å². The van der Waals surface area contributed by atoms with Crippen LogP contribution in [-0.2, 0) is 19.3 Å². The number of aryl methyl sites for hydroxylation is 2. The molecule has 1 atom stereocenters. The summed E-state index contributed by atoms with van der Waals surface area (Å²) in [6, 6.07) is 18.7. The molecular formula is C26H26F2. The van der Waals surface area contributed by atoms with Crippen LogP contribution in [0.25, 0.3) is 11.1 Å². The number of unbranched alkanes of at least 4 members (excludes halogenated alkanes) is 1. The molecule has 0 fully saturated rings. The van der Waals surface area contributed by atoms with Gasteiger partial charge < -0.3 is 0 Å². The van der Waals surface area contributed by atoms with Gasteiger partial charge in [-0.05, 0) is 90.1 Å². The summed E-state index contributed by atoms with van der Waals surface area (Å²) in [5, 5.41) is 0. The van der Waals surface area contributed by atoms with Crippen LogP contribution in [-0.4, -0.2) is 0 Å². The first-order chi connectivity index (χ1) is 13.6. The van der Waals surface area contributed by atoms with E-state index in [2.05, 4.69) is 31.2 Å². The lowest BCUT2D eigenvalue weighted by Gasteiger charge is -2.26. The number of benzene rings is 3. The van der Waals surface area contributed by atoms with Gasteiger partial charge in [-0.15, -0.1) is 0 Å². The van der Waals surface area contributed by atoms with Gasteiger partial charge in [-0.2, -0.15) is 0 Å². The van der Waals surface area contributed by atoms with Crippen LogP contribution in [0.3, 0.4) is 0 Å². The highest BCUT2D eigenvalue weighted by atomic mass is 19.1. The van der Waals surface area contributed by atoms with Crippen molar-refractivity contribution < 1.29 is 8.78 Å². The molecule has 0 spiro atoms. The van der Waals surface area contributed by atoms with Crippen LogP contribution in [0, 0.1) is 11.6 Å². The Morgan fingerprint density at radius 2 is 1.64 bits per heavy atom. The summed E-state index contributed by atoms with van der Waals surface area (Å²) in [6.07, 6.45) is 6.49. The third-order valence-electron chi connectivity index (χ3n) is 5.94. The van der Waals surface area contributed by atoms with Crippen molar-refractivity contribution in [3.05, 3.63) is 94.6 Å². The summed E-state index contributed by atoms with van der Waals surface area (Å²) < 4.78 is 27.9. The Labute approximate surface area is 166 Å². The van der Waals surface area contributed by atoms with Gasteiger partial charge in [0.05, 0.1) is 0 Å². The first kappa shape index (κ1) is 18.9. The second-order valence-electron chi connectivity index (χ2n) is 7.89. The Morgan fingerprint density at radius 1 is 0.893 bits per heavy atom. The second-order valence-corrected chi connectivity index (χ2v) is 7.89. The lowest BCUT2D eigenvalue weighted by molar-refractivity contribution is 0.573. The number of rotatable bonds is 5. The molecule has 0 saturated carbocycles. The van der Waals surface area contributed by atoms with Crippen molar-refractivity contribution in [3.63, 3.8) is 0 Å². The average molecular weight is 376 g/mol. The first-order valence-electron chi connectivity index (χ1n) is 10.3. The van der Waals surface area contributed by atoms with E-state index in [1.54, 1.807) is 18.2 Å². The summed E-state index contributed by atoms with van der Waals surface area (Å²) >= 11 is 0. The molecule has 28 heavy (non-hydrogen) atoms. The third kappa shape index (κ3) is 4.01. The topological polar surface area (TPSA) is 0 Å². The zero-order valence-corrected chi connectivity index (χ0v) is 16.3. The summed E-state index contributed by atoms with van der Waals surface area (Å²) in [5.41, 5.74) is 6.38. The maximum Gasteiger partial charge on any atom is 0.131 e. The number of hydrogen-bond acceptors (Lipinski definition) is 0. The van der Waals surface area contributed by atoms with E-state index in [9.17, 15) is 8.78 Å². The zero-order chi connectivity index (χ0) is 19.5. The van der Waals surface area contributed by atoms with Crippen LogP contribution in [0.4, 0.5) is 8.78 Å². The molecule has 1 unspecified atom stereocenters. The van der Waals surface area contributed by atoms with E-state index in [1.165, 1.54) is 41.7 Å². The molecule has 0 heterocycles. The highest BCUT2D eigenvalue weighted by Gasteiger charge is 2.22. The highest BCUT2D eigenvalue weighted by Crippen LogP contribution is 2.36. The van der Waals surface area contributed by atoms with E-state index in [1.807, 2.05) is 6.07 Å². The minimum Gasteiger partial charge on any atom is -0.207 e. The smallest absolute Gasteiger partial charge is 0.131 e. The molecule has 1 aliphatic rings. The van der Waals surface area contributed by atoms with Crippen molar-refractivity contribution in [2.75, 3.05) is 0 Å². The van der Waals surface area contributed by atoms with Gasteiger partial charge in [-0.3, -0.25) is 0 Å². The first-order valence-corrected chi connectivity index (χ1v) is 10.3. The van der Waals surface area contributed by atoms with Crippen molar-refractivity contribution in [1.29, 1.82) is 0 Å². The predicted octanol–water partition coefficient (Wildman–Crippen LogP) is 7.25. The maximum absolute atomic E-state index is 14.8. The van der Waals surface area contributed by atoms with Crippen molar-refractivity contribution in [2.45, 2.75) is 51.4 Å². The fraction of sp³-hybridized carbons (Fsp3) is 0.308. The van der Waals surface area contributed by atoms with E-state index >= 15 is 0 Å². The Bertz CT molecular complexity index is 939. The lowest BCUT2D eigenvalue weighted by atomic mass is 9.79. The molecule has 4 rings (SSSR count). The standard InChI is InChI=1S/C26H26F2/c1-2-3-4-18-5-7-19(8-6-18)21-9-10-22-16-25(26(28)17-23(22)15-21)20-11-13-24(27)14-12-20/h5-8,11-14,16-17,21H,2-4,9-10,15H2,1H3. The van der Waals surface area contributed by atoms with Crippen LogP contribution in [0.15, 0.2) is 60.7 Å². The SMILES string of the molecule is CCCCc1ccc(C2CCc3cc(-c4ccc(F)cc4)c(F)cc3C2)cc1. The van der Waals surface area contributed by atoms with Crippen LogP contribution in [0.1, 0.15) is 54.4 Å². The predicted molar refractivity (Wildman–Crippen MR) is 112 cm³/mol. The summed E-state index contributed by atoms with van der Waals surface area (Å²) in [4.78, 5) is 0. The molecular weight excluding hydrogens is 350 g/mol. The van der Waals surface area contributed by atoms with Gasteiger partial charge in [0.1, 0.15) is 11.6 Å². The van der Waals surface area contributed by atoms with Crippen molar-refractivity contribution in [2.24, 2.45) is 0 Å². The molecule has 3 aromatic rings.